The molecule has 4 rings (SSSR count). The normalized spacial score (nSPS) is 15.4. The van der Waals surface area contributed by atoms with E-state index >= 15 is 0 Å². The molecule has 1 aromatic heterocycles. The first-order valence-electron chi connectivity index (χ1n) is 10.4. The average Bonchev–Trinajstić information content (AvgIpc) is 2.98. The summed E-state index contributed by atoms with van der Waals surface area (Å²) in [4.78, 5) is 0. The van der Waals surface area contributed by atoms with E-state index in [1.165, 1.54) is 30.4 Å². The van der Waals surface area contributed by atoms with Crippen molar-refractivity contribution in [3.05, 3.63) is 59.2 Å². The number of hydrogen-bond donors (Lipinski definition) is 1. The number of hydrogen-bond acceptors (Lipinski definition) is 2. The summed E-state index contributed by atoms with van der Waals surface area (Å²) in [6, 6.07) is 18.0. The predicted octanol–water partition coefficient (Wildman–Crippen LogP) is 5.92. The minimum absolute atomic E-state index is 0.256. The quantitative estimate of drug-likeness (QED) is 0.584. The number of fused-ring (bicyclic) bond motifs is 1. The van der Waals surface area contributed by atoms with Crippen molar-refractivity contribution in [3.8, 4) is 17.3 Å². The molecule has 0 radical (unpaired) electrons. The minimum Gasteiger partial charge on any atom is -0.393 e. The molecule has 0 spiro atoms. The average molecular weight is 373 g/mol. The van der Waals surface area contributed by atoms with Crippen LogP contribution in [0.1, 0.15) is 61.8 Å². The van der Waals surface area contributed by atoms with Gasteiger partial charge in [-0.1, -0.05) is 42.8 Å². The molecule has 28 heavy (non-hydrogen) atoms. The highest BCUT2D eigenvalue weighted by Crippen LogP contribution is 2.42. The summed E-state index contributed by atoms with van der Waals surface area (Å²) in [7, 11) is 0. The largest absolute Gasteiger partial charge is 0.393 e. The molecule has 0 amide bonds. The van der Waals surface area contributed by atoms with E-state index in [0.717, 1.165) is 47.0 Å². The lowest BCUT2D eigenvalue weighted by Crippen LogP contribution is -2.17. The molecule has 3 aromatic rings. The van der Waals surface area contributed by atoms with Gasteiger partial charge < -0.3 is 9.67 Å². The highest BCUT2D eigenvalue weighted by Gasteiger charge is 2.27. The van der Waals surface area contributed by atoms with Crippen molar-refractivity contribution in [2.75, 3.05) is 0 Å². The van der Waals surface area contributed by atoms with Crippen LogP contribution in [0, 0.1) is 18.3 Å². The van der Waals surface area contributed by atoms with Crippen LogP contribution in [-0.4, -0.2) is 15.8 Å². The molecule has 0 saturated heterocycles. The zero-order chi connectivity index (χ0) is 19.7. The van der Waals surface area contributed by atoms with E-state index in [-0.39, 0.29) is 6.10 Å². The summed E-state index contributed by atoms with van der Waals surface area (Å²) in [5.41, 5.74) is 6.55. The van der Waals surface area contributed by atoms with Gasteiger partial charge in [-0.15, -0.1) is 0 Å². The van der Waals surface area contributed by atoms with Gasteiger partial charge in [-0.3, -0.25) is 0 Å². The molecular weight excluding hydrogens is 344 g/mol. The second kappa shape index (κ2) is 7.81. The van der Waals surface area contributed by atoms with E-state index in [1.807, 2.05) is 6.92 Å². The number of aliphatic hydroxyl groups is 1. The van der Waals surface area contributed by atoms with E-state index in [0.29, 0.717) is 6.04 Å². The summed E-state index contributed by atoms with van der Waals surface area (Å²) in [5.74, 6) is 0. The molecule has 1 N–H and O–H groups in total. The molecule has 1 unspecified atom stereocenters. The Balaban J connectivity index is 1.86. The van der Waals surface area contributed by atoms with Gasteiger partial charge in [-0.25, -0.2) is 0 Å². The van der Waals surface area contributed by atoms with Gasteiger partial charge >= 0.3 is 0 Å². The Morgan fingerprint density at radius 1 is 1.18 bits per heavy atom. The van der Waals surface area contributed by atoms with Crippen molar-refractivity contribution in [2.24, 2.45) is 0 Å². The van der Waals surface area contributed by atoms with Crippen LogP contribution in [0.5, 0.6) is 0 Å². The topological polar surface area (TPSA) is 48.9 Å². The molecule has 3 heteroatoms. The highest BCUT2D eigenvalue weighted by atomic mass is 16.3. The van der Waals surface area contributed by atoms with Crippen LogP contribution >= 0.6 is 0 Å². The molecule has 144 valence electrons. The third-order valence-electron chi connectivity index (χ3n) is 6.18. The fraction of sp³-hybridized carbons (Fsp3) is 0.400. The first-order valence-corrected chi connectivity index (χ1v) is 10.4. The summed E-state index contributed by atoms with van der Waals surface area (Å²) in [5, 5.41) is 21.0. The van der Waals surface area contributed by atoms with Crippen LogP contribution in [0.15, 0.2) is 42.5 Å². The van der Waals surface area contributed by atoms with Crippen molar-refractivity contribution in [1.82, 2.24) is 4.57 Å². The summed E-state index contributed by atoms with van der Waals surface area (Å²) in [6.45, 7) is 4.10. The van der Waals surface area contributed by atoms with E-state index in [1.54, 1.807) is 0 Å². The fourth-order valence-corrected chi connectivity index (χ4v) is 4.19. The molecule has 1 fully saturated rings. The lowest BCUT2D eigenvalue weighted by Gasteiger charge is -2.30. The van der Waals surface area contributed by atoms with Crippen molar-refractivity contribution in [1.29, 1.82) is 5.26 Å². The Labute approximate surface area is 167 Å². The zero-order valence-electron chi connectivity index (χ0n) is 16.8. The second-order valence-electron chi connectivity index (χ2n) is 8.11. The summed E-state index contributed by atoms with van der Waals surface area (Å²) < 4.78 is 2.41. The number of aryl methyl sites for hydroxylation is 2. The number of benzene rings is 2. The molecule has 0 aliphatic heterocycles. The van der Waals surface area contributed by atoms with Crippen molar-refractivity contribution in [3.63, 3.8) is 0 Å². The first-order chi connectivity index (χ1) is 13.6. The maximum absolute atomic E-state index is 10.1. The van der Waals surface area contributed by atoms with Gasteiger partial charge in [0.25, 0.3) is 0 Å². The monoisotopic (exact) mass is 372 g/mol. The maximum atomic E-state index is 10.1. The molecule has 1 saturated carbocycles. The van der Waals surface area contributed by atoms with Crippen LogP contribution in [0.25, 0.3) is 22.2 Å². The van der Waals surface area contributed by atoms with Gasteiger partial charge in [0.1, 0.15) is 6.07 Å². The van der Waals surface area contributed by atoms with Crippen LogP contribution in [-0.2, 0) is 6.42 Å². The van der Waals surface area contributed by atoms with E-state index < -0.39 is 0 Å². The Bertz CT molecular complexity index is 1020. The minimum atomic E-state index is -0.256. The Morgan fingerprint density at radius 2 is 1.93 bits per heavy atom. The lowest BCUT2D eigenvalue weighted by atomic mass is 9.92. The Kier molecular flexibility index (Phi) is 5.24. The number of aliphatic hydroxyl groups excluding tert-OH is 1. The molecule has 2 aromatic carbocycles. The number of nitriles is 1. The molecule has 1 aliphatic carbocycles. The number of rotatable bonds is 6. The maximum Gasteiger partial charge on any atom is 0.102 e. The van der Waals surface area contributed by atoms with Crippen LogP contribution in [0.2, 0.25) is 0 Å². The molecule has 0 bridgehead atoms. The molecule has 1 aliphatic rings. The molecule has 3 nitrogen and oxygen atoms in total. The third-order valence-corrected chi connectivity index (χ3v) is 6.18. The SMILES string of the molecule is CCC(O)CCc1ccc2c(c1)c(C#N)c(-c1ccc(C)cc1)n2C1CCC1. The van der Waals surface area contributed by atoms with E-state index in [2.05, 4.69) is 60.0 Å². The van der Waals surface area contributed by atoms with Crippen LogP contribution < -0.4 is 0 Å². The second-order valence-corrected chi connectivity index (χ2v) is 8.11. The Morgan fingerprint density at radius 3 is 2.54 bits per heavy atom. The van der Waals surface area contributed by atoms with Gasteiger partial charge in [0.05, 0.1) is 22.9 Å². The third kappa shape index (κ3) is 3.34. The molecular formula is C25H28N2O. The van der Waals surface area contributed by atoms with Crippen molar-refractivity contribution in [2.45, 2.75) is 64.5 Å². The van der Waals surface area contributed by atoms with Gasteiger partial charge in [-0.2, -0.15) is 5.26 Å². The van der Waals surface area contributed by atoms with Crippen LogP contribution in [0.3, 0.4) is 0 Å². The van der Waals surface area contributed by atoms with E-state index in [4.69, 9.17) is 0 Å². The van der Waals surface area contributed by atoms with Gasteiger partial charge in [0.15, 0.2) is 0 Å². The number of nitrogens with zero attached hydrogens (tertiary/aromatic N) is 2. The lowest BCUT2D eigenvalue weighted by molar-refractivity contribution is 0.160. The van der Waals surface area contributed by atoms with Crippen molar-refractivity contribution < 1.29 is 5.11 Å². The van der Waals surface area contributed by atoms with Gasteiger partial charge in [-0.05, 0) is 68.7 Å². The summed E-state index contributed by atoms with van der Waals surface area (Å²) in [6.07, 6.45) is 5.74. The predicted molar refractivity (Wildman–Crippen MR) is 114 cm³/mol. The van der Waals surface area contributed by atoms with E-state index in [9.17, 15) is 10.4 Å². The molecule has 1 heterocycles. The van der Waals surface area contributed by atoms with Crippen LogP contribution in [0.4, 0.5) is 0 Å². The van der Waals surface area contributed by atoms with Gasteiger partial charge in [0.2, 0.25) is 0 Å². The van der Waals surface area contributed by atoms with Gasteiger partial charge in [0, 0.05) is 11.4 Å². The van der Waals surface area contributed by atoms with Crippen molar-refractivity contribution >= 4 is 10.9 Å². The zero-order valence-corrected chi connectivity index (χ0v) is 16.8. The first kappa shape index (κ1) is 18.8. The number of aromatic nitrogens is 1. The summed E-state index contributed by atoms with van der Waals surface area (Å²) >= 11 is 0. The molecule has 1 atom stereocenters. The smallest absolute Gasteiger partial charge is 0.102 e. The fourth-order valence-electron chi connectivity index (χ4n) is 4.19. The Hall–Kier alpha value is -2.57. The highest BCUT2D eigenvalue weighted by molar-refractivity contribution is 5.95. The standard InChI is InChI=1S/C25H28N2O/c1-3-21(28)13-9-18-10-14-24-22(15-18)23(16-26)25(27(24)20-5-4-6-20)19-11-7-17(2)8-12-19/h7-8,10-12,14-15,20-21,28H,3-6,9,13H2,1-2H3.